The number of likely N-dealkylation sites (tertiary alicyclic amines) is 1. The molecule has 31 heavy (non-hydrogen) atoms. The molecule has 1 aliphatic heterocycles. The Morgan fingerprint density at radius 1 is 1.19 bits per heavy atom. The zero-order valence-corrected chi connectivity index (χ0v) is 18.1. The fraction of sp³-hybridized carbons (Fsp3) is 0.318. The summed E-state index contributed by atoms with van der Waals surface area (Å²) in [6.07, 6.45) is 3.45. The summed E-state index contributed by atoms with van der Waals surface area (Å²) in [4.78, 5) is 17.7. The van der Waals surface area contributed by atoms with Crippen molar-refractivity contribution in [1.82, 2.24) is 14.6 Å². The summed E-state index contributed by atoms with van der Waals surface area (Å²) >= 11 is 0. The van der Waals surface area contributed by atoms with Crippen molar-refractivity contribution >= 4 is 26.8 Å². The molecule has 1 amide bonds. The van der Waals surface area contributed by atoms with Gasteiger partial charge >= 0.3 is 0 Å². The molecule has 4 rings (SSSR count). The number of methoxy groups -OCH3 is 1. The summed E-state index contributed by atoms with van der Waals surface area (Å²) in [5, 5.41) is 1.10. The number of H-pyrrole nitrogens is 1. The molecule has 9 heteroatoms. The Bertz CT molecular complexity index is 1230. The summed E-state index contributed by atoms with van der Waals surface area (Å²) in [6, 6.07) is 9.15. The van der Waals surface area contributed by atoms with Crippen LogP contribution in [-0.2, 0) is 10.0 Å². The average molecular weight is 446 g/mol. The quantitative estimate of drug-likeness (QED) is 0.631. The molecule has 2 heterocycles. The Morgan fingerprint density at radius 2 is 1.94 bits per heavy atom. The third-order valence-corrected chi connectivity index (χ3v) is 7.30. The molecule has 1 saturated heterocycles. The molecule has 0 bridgehead atoms. The van der Waals surface area contributed by atoms with Gasteiger partial charge in [0.1, 0.15) is 11.6 Å². The van der Waals surface area contributed by atoms with E-state index in [4.69, 9.17) is 4.74 Å². The number of nitrogens with one attached hydrogen (secondary N) is 2. The van der Waals surface area contributed by atoms with Gasteiger partial charge in [0.15, 0.2) is 0 Å². The number of rotatable bonds is 5. The maximum atomic E-state index is 14.3. The number of hydrogen-bond acceptors (Lipinski definition) is 4. The number of nitrogens with zero attached hydrogens (tertiary/aromatic N) is 1. The number of benzene rings is 2. The molecule has 0 aliphatic carbocycles. The zero-order chi connectivity index (χ0) is 22.2. The number of piperidine rings is 1. The van der Waals surface area contributed by atoms with Crippen molar-refractivity contribution < 1.29 is 22.3 Å². The second-order valence-corrected chi connectivity index (χ2v) is 9.46. The van der Waals surface area contributed by atoms with Gasteiger partial charge in [-0.2, -0.15) is 0 Å². The van der Waals surface area contributed by atoms with Gasteiger partial charge in [0, 0.05) is 30.2 Å². The second kappa shape index (κ2) is 8.32. The summed E-state index contributed by atoms with van der Waals surface area (Å²) < 4.78 is 45.9. The first kappa shape index (κ1) is 21.3. The van der Waals surface area contributed by atoms with Crippen molar-refractivity contribution in [3.63, 3.8) is 0 Å². The van der Waals surface area contributed by atoms with E-state index < -0.39 is 21.7 Å². The number of hydrogen-bond donors (Lipinski definition) is 2. The Hall–Kier alpha value is -2.91. The topological polar surface area (TPSA) is 91.5 Å². The number of carbonyl (C=O) groups is 1. The Balaban J connectivity index is 1.52. The lowest BCUT2D eigenvalue weighted by molar-refractivity contribution is 0.0708. The monoisotopic (exact) mass is 445 g/mol. The van der Waals surface area contributed by atoms with Gasteiger partial charge in [-0.05, 0) is 67.8 Å². The molecular weight excluding hydrogens is 421 g/mol. The molecule has 0 spiro atoms. The van der Waals surface area contributed by atoms with Crippen molar-refractivity contribution in [1.29, 1.82) is 0 Å². The first-order valence-corrected chi connectivity index (χ1v) is 11.5. The molecule has 3 aromatic rings. The fourth-order valence-electron chi connectivity index (χ4n) is 4.10. The minimum atomic E-state index is -3.77. The molecule has 2 N–H and O–H groups in total. The molecule has 1 aliphatic rings. The highest BCUT2D eigenvalue weighted by Gasteiger charge is 2.28. The van der Waals surface area contributed by atoms with Crippen LogP contribution in [0.1, 0.15) is 34.7 Å². The second-order valence-electron chi connectivity index (χ2n) is 7.57. The van der Waals surface area contributed by atoms with E-state index in [0.717, 1.165) is 47.7 Å². The van der Waals surface area contributed by atoms with Crippen molar-refractivity contribution in [3.8, 4) is 5.75 Å². The highest BCUT2D eigenvalue weighted by Crippen LogP contribution is 2.35. The molecular formula is C22H24FN3O4S. The van der Waals surface area contributed by atoms with Gasteiger partial charge in [0.25, 0.3) is 5.91 Å². The zero-order valence-electron chi connectivity index (χ0n) is 17.3. The van der Waals surface area contributed by atoms with Crippen LogP contribution in [0.4, 0.5) is 4.39 Å². The Morgan fingerprint density at radius 3 is 2.61 bits per heavy atom. The average Bonchev–Trinajstić information content (AvgIpc) is 3.22. The van der Waals surface area contributed by atoms with Crippen LogP contribution in [0.15, 0.2) is 47.5 Å². The first-order valence-electron chi connectivity index (χ1n) is 10.0. The van der Waals surface area contributed by atoms with Gasteiger partial charge in [-0.25, -0.2) is 17.5 Å². The molecule has 1 aromatic heterocycles. The standard InChI is InChI=1S/C22H24FN3O4S/c1-24-31(28,29)16-4-5-20(23)18(12-16)22(27)26-9-7-14(8-10-26)19-13-25-21-6-3-15(30-2)11-17(19)21/h3-6,11-14,24-25H,7-10H2,1-2H3. The Kier molecular flexibility index (Phi) is 5.72. The van der Waals surface area contributed by atoms with E-state index in [0.29, 0.717) is 13.1 Å². The lowest BCUT2D eigenvalue weighted by Gasteiger charge is -2.32. The summed E-state index contributed by atoms with van der Waals surface area (Å²) in [7, 11) is -0.866. The van der Waals surface area contributed by atoms with Crippen LogP contribution in [0, 0.1) is 5.82 Å². The summed E-state index contributed by atoms with van der Waals surface area (Å²) in [5.74, 6) is -0.186. The lowest BCUT2D eigenvalue weighted by atomic mass is 9.89. The van der Waals surface area contributed by atoms with Gasteiger partial charge in [0.2, 0.25) is 10.0 Å². The summed E-state index contributed by atoms with van der Waals surface area (Å²) in [6.45, 7) is 0.922. The highest BCUT2D eigenvalue weighted by molar-refractivity contribution is 7.89. The Labute approximate surface area is 180 Å². The number of amides is 1. The number of aromatic nitrogens is 1. The van der Waals surface area contributed by atoms with Crippen LogP contribution in [0.25, 0.3) is 10.9 Å². The number of aromatic amines is 1. The molecule has 2 aromatic carbocycles. The molecule has 0 unspecified atom stereocenters. The third-order valence-electron chi connectivity index (χ3n) is 5.89. The molecule has 0 saturated carbocycles. The maximum absolute atomic E-state index is 14.3. The van der Waals surface area contributed by atoms with Gasteiger partial charge in [-0.3, -0.25) is 4.79 Å². The van der Waals surface area contributed by atoms with E-state index in [1.807, 2.05) is 24.4 Å². The van der Waals surface area contributed by atoms with E-state index in [1.165, 1.54) is 12.6 Å². The van der Waals surface area contributed by atoms with Crippen LogP contribution in [0.2, 0.25) is 0 Å². The van der Waals surface area contributed by atoms with Crippen LogP contribution in [0.5, 0.6) is 5.75 Å². The van der Waals surface area contributed by atoms with Crippen LogP contribution >= 0.6 is 0 Å². The van der Waals surface area contributed by atoms with Crippen molar-refractivity contribution in [2.24, 2.45) is 0 Å². The van der Waals surface area contributed by atoms with Gasteiger partial charge < -0.3 is 14.6 Å². The molecule has 164 valence electrons. The minimum Gasteiger partial charge on any atom is -0.497 e. The SMILES string of the molecule is CNS(=O)(=O)c1ccc(F)c(C(=O)N2CCC(c3c[nH]c4ccc(OC)cc34)CC2)c1. The van der Waals surface area contributed by atoms with E-state index in [9.17, 15) is 17.6 Å². The smallest absolute Gasteiger partial charge is 0.256 e. The van der Waals surface area contributed by atoms with Crippen LogP contribution in [0.3, 0.4) is 0 Å². The van der Waals surface area contributed by atoms with Crippen molar-refractivity contribution in [2.75, 3.05) is 27.2 Å². The predicted octanol–water partition coefficient (Wildman–Crippen LogP) is 3.24. The number of sulfonamides is 1. The normalized spacial score (nSPS) is 15.4. The number of halogens is 1. The van der Waals surface area contributed by atoms with Crippen molar-refractivity contribution in [3.05, 3.63) is 59.5 Å². The summed E-state index contributed by atoms with van der Waals surface area (Å²) in [5.41, 5.74) is 1.97. The molecule has 0 atom stereocenters. The number of ether oxygens (including phenoxy) is 1. The van der Waals surface area contributed by atoms with E-state index in [-0.39, 0.29) is 16.4 Å². The van der Waals surface area contributed by atoms with E-state index >= 15 is 0 Å². The van der Waals surface area contributed by atoms with Gasteiger partial charge in [-0.1, -0.05) is 0 Å². The molecule has 1 fully saturated rings. The first-order chi connectivity index (χ1) is 14.8. The molecule has 0 radical (unpaired) electrons. The highest BCUT2D eigenvalue weighted by atomic mass is 32.2. The van der Waals surface area contributed by atoms with E-state index in [2.05, 4.69) is 9.71 Å². The fourth-order valence-corrected chi connectivity index (χ4v) is 4.86. The number of fused-ring (bicyclic) bond motifs is 1. The van der Waals surface area contributed by atoms with E-state index in [1.54, 1.807) is 12.0 Å². The van der Waals surface area contributed by atoms with Gasteiger partial charge in [0.05, 0.1) is 17.6 Å². The lowest BCUT2D eigenvalue weighted by Crippen LogP contribution is -2.38. The minimum absolute atomic E-state index is 0.137. The molecule has 7 nitrogen and oxygen atoms in total. The largest absolute Gasteiger partial charge is 0.497 e. The number of carbonyl (C=O) groups excluding carboxylic acids is 1. The van der Waals surface area contributed by atoms with Crippen molar-refractivity contribution in [2.45, 2.75) is 23.7 Å². The third kappa shape index (κ3) is 4.03. The van der Waals surface area contributed by atoms with Gasteiger partial charge in [-0.15, -0.1) is 0 Å². The van der Waals surface area contributed by atoms with Crippen LogP contribution < -0.4 is 9.46 Å². The maximum Gasteiger partial charge on any atom is 0.256 e. The van der Waals surface area contributed by atoms with Crippen LogP contribution in [-0.4, -0.2) is 51.5 Å². The predicted molar refractivity (Wildman–Crippen MR) is 115 cm³/mol.